The monoisotopic (exact) mass is 223 g/mol. The molecule has 0 spiro atoms. The first kappa shape index (κ1) is 12.5. The molecule has 4 heteroatoms. The average Bonchev–Trinajstić information content (AvgIpc) is 2.35. The van der Waals surface area contributed by atoms with Crippen LogP contribution in [0.4, 0.5) is 5.69 Å². The maximum Gasteiger partial charge on any atom is 0.153 e. The molecule has 0 fully saturated rings. The van der Waals surface area contributed by atoms with Gasteiger partial charge in [0.2, 0.25) is 0 Å². The Labute approximate surface area is 95.5 Å². The summed E-state index contributed by atoms with van der Waals surface area (Å²) in [6.07, 6.45) is 0.769. The molecule has 0 aliphatic heterocycles. The molecule has 1 rings (SSSR count). The van der Waals surface area contributed by atoms with Gasteiger partial charge in [0.1, 0.15) is 5.75 Å². The molecule has 0 atom stereocenters. The third-order valence-electron chi connectivity index (χ3n) is 2.46. The molecule has 0 bridgehead atoms. The summed E-state index contributed by atoms with van der Waals surface area (Å²) >= 11 is 0. The van der Waals surface area contributed by atoms with E-state index in [0.717, 1.165) is 18.5 Å². The molecule has 88 valence electrons. The van der Waals surface area contributed by atoms with Crippen LogP contribution in [0.15, 0.2) is 18.2 Å². The quantitative estimate of drug-likeness (QED) is 0.739. The average molecular weight is 223 g/mol. The van der Waals surface area contributed by atoms with Crippen molar-refractivity contribution in [3.05, 3.63) is 23.8 Å². The van der Waals surface area contributed by atoms with Crippen LogP contribution >= 0.6 is 0 Å². The normalized spacial score (nSPS) is 9.94. The van der Waals surface area contributed by atoms with Crippen molar-refractivity contribution in [1.29, 1.82) is 0 Å². The van der Waals surface area contributed by atoms with Gasteiger partial charge in [-0.2, -0.15) is 0 Å². The summed E-state index contributed by atoms with van der Waals surface area (Å²) in [5.41, 5.74) is 1.48. The lowest BCUT2D eigenvalue weighted by molar-refractivity contribution is 0.112. The maximum atomic E-state index is 10.7. The summed E-state index contributed by atoms with van der Waals surface area (Å²) in [5, 5.41) is 8.93. The highest BCUT2D eigenvalue weighted by molar-refractivity contribution is 5.80. The summed E-state index contributed by atoms with van der Waals surface area (Å²) in [5.74, 6) is 0.559. The molecule has 0 saturated heterocycles. The molecular weight excluding hydrogens is 206 g/mol. The van der Waals surface area contributed by atoms with Crippen LogP contribution in [0.1, 0.15) is 17.3 Å². The van der Waals surface area contributed by atoms with Gasteiger partial charge in [0.15, 0.2) is 6.29 Å². The van der Waals surface area contributed by atoms with E-state index in [4.69, 9.17) is 9.84 Å². The number of carbonyl (C=O) groups excluding carboxylic acids is 1. The van der Waals surface area contributed by atoms with E-state index in [1.165, 1.54) is 7.11 Å². The van der Waals surface area contributed by atoms with E-state index in [-0.39, 0.29) is 6.61 Å². The van der Waals surface area contributed by atoms with Crippen molar-refractivity contribution in [2.75, 3.05) is 31.7 Å². The van der Waals surface area contributed by atoms with Crippen LogP contribution in [-0.4, -0.2) is 38.2 Å². The van der Waals surface area contributed by atoms with Crippen molar-refractivity contribution in [2.24, 2.45) is 0 Å². The molecule has 1 N–H and O–H groups in total. The van der Waals surface area contributed by atoms with Gasteiger partial charge in [0.25, 0.3) is 0 Å². The van der Waals surface area contributed by atoms with E-state index in [9.17, 15) is 4.79 Å². The van der Waals surface area contributed by atoms with E-state index in [1.807, 2.05) is 24.0 Å². The van der Waals surface area contributed by atoms with Gasteiger partial charge in [0.05, 0.1) is 19.3 Å². The van der Waals surface area contributed by atoms with E-state index in [0.29, 0.717) is 17.9 Å². The number of methoxy groups -OCH3 is 1. The highest BCUT2D eigenvalue weighted by Crippen LogP contribution is 2.24. The Bertz CT molecular complexity index is 352. The van der Waals surface area contributed by atoms with Crippen molar-refractivity contribution in [1.82, 2.24) is 0 Å². The van der Waals surface area contributed by atoms with Crippen molar-refractivity contribution in [2.45, 2.75) is 6.92 Å². The van der Waals surface area contributed by atoms with Gasteiger partial charge in [-0.1, -0.05) is 0 Å². The van der Waals surface area contributed by atoms with Crippen LogP contribution in [-0.2, 0) is 0 Å². The molecule has 0 amide bonds. The maximum absolute atomic E-state index is 10.7. The van der Waals surface area contributed by atoms with Gasteiger partial charge >= 0.3 is 0 Å². The first-order valence-electron chi connectivity index (χ1n) is 5.25. The minimum absolute atomic E-state index is 0.103. The zero-order chi connectivity index (χ0) is 12.0. The number of likely N-dealkylation sites (N-methyl/N-ethyl adjacent to an activating group) is 1. The van der Waals surface area contributed by atoms with Gasteiger partial charge in [-0.05, 0) is 19.1 Å². The molecule has 1 aromatic carbocycles. The second-order valence-electron chi connectivity index (χ2n) is 3.35. The van der Waals surface area contributed by atoms with Crippen LogP contribution in [0.2, 0.25) is 0 Å². The molecule has 0 heterocycles. The molecule has 16 heavy (non-hydrogen) atoms. The molecule has 0 saturated carbocycles. The first-order valence-corrected chi connectivity index (χ1v) is 5.25. The van der Waals surface area contributed by atoms with Crippen LogP contribution < -0.4 is 9.64 Å². The highest BCUT2D eigenvalue weighted by atomic mass is 16.5. The fourth-order valence-corrected chi connectivity index (χ4v) is 1.58. The summed E-state index contributed by atoms with van der Waals surface area (Å²) < 4.78 is 5.13. The zero-order valence-electron chi connectivity index (χ0n) is 9.64. The molecule has 1 aromatic rings. The number of nitrogens with zero attached hydrogens (tertiary/aromatic N) is 1. The predicted molar refractivity (Wildman–Crippen MR) is 63.4 cm³/mol. The second kappa shape index (κ2) is 6.12. The third kappa shape index (κ3) is 2.73. The number of hydrogen-bond donors (Lipinski definition) is 1. The topological polar surface area (TPSA) is 49.8 Å². The van der Waals surface area contributed by atoms with E-state index < -0.39 is 0 Å². The minimum Gasteiger partial charge on any atom is -0.496 e. The Morgan fingerprint density at radius 3 is 2.75 bits per heavy atom. The van der Waals surface area contributed by atoms with Gasteiger partial charge in [-0.15, -0.1) is 0 Å². The van der Waals surface area contributed by atoms with Gasteiger partial charge in [0, 0.05) is 24.8 Å². The summed E-state index contributed by atoms with van der Waals surface area (Å²) in [6, 6.07) is 5.38. The SMILES string of the molecule is CCN(CCO)c1ccc(C=O)c(OC)c1. The molecule has 0 unspecified atom stereocenters. The van der Waals surface area contributed by atoms with E-state index >= 15 is 0 Å². The van der Waals surface area contributed by atoms with E-state index in [2.05, 4.69) is 0 Å². The number of ether oxygens (including phenoxy) is 1. The fourth-order valence-electron chi connectivity index (χ4n) is 1.58. The standard InChI is InChI=1S/C12H17NO3/c1-3-13(6-7-14)11-5-4-10(9-15)12(8-11)16-2/h4-5,8-9,14H,3,6-7H2,1-2H3. The lowest BCUT2D eigenvalue weighted by atomic mass is 10.2. The van der Waals surface area contributed by atoms with Crippen LogP contribution in [0.3, 0.4) is 0 Å². The van der Waals surface area contributed by atoms with Crippen molar-refractivity contribution in [3.63, 3.8) is 0 Å². The summed E-state index contributed by atoms with van der Waals surface area (Å²) in [6.45, 7) is 3.48. The second-order valence-corrected chi connectivity index (χ2v) is 3.35. The Kier molecular flexibility index (Phi) is 4.79. The molecule has 0 aliphatic rings. The largest absolute Gasteiger partial charge is 0.496 e. The van der Waals surface area contributed by atoms with Gasteiger partial charge in [-0.25, -0.2) is 0 Å². The molecule has 4 nitrogen and oxygen atoms in total. The van der Waals surface area contributed by atoms with Crippen LogP contribution in [0.25, 0.3) is 0 Å². The Balaban J connectivity index is 3.00. The Morgan fingerprint density at radius 2 is 2.25 bits per heavy atom. The van der Waals surface area contributed by atoms with Crippen LogP contribution in [0, 0.1) is 0 Å². The van der Waals surface area contributed by atoms with E-state index in [1.54, 1.807) is 6.07 Å². The summed E-state index contributed by atoms with van der Waals surface area (Å²) in [4.78, 5) is 12.7. The lowest BCUT2D eigenvalue weighted by Crippen LogP contribution is -2.26. The number of anilines is 1. The number of benzene rings is 1. The number of carbonyl (C=O) groups is 1. The Morgan fingerprint density at radius 1 is 1.50 bits per heavy atom. The number of hydrogen-bond acceptors (Lipinski definition) is 4. The number of aliphatic hydroxyl groups is 1. The van der Waals surface area contributed by atoms with Gasteiger partial charge < -0.3 is 14.7 Å². The number of aldehydes is 1. The molecule has 0 radical (unpaired) electrons. The Hall–Kier alpha value is -1.55. The number of aliphatic hydroxyl groups excluding tert-OH is 1. The molecule has 0 aromatic heterocycles. The highest BCUT2D eigenvalue weighted by Gasteiger charge is 2.08. The molecule has 0 aliphatic carbocycles. The van der Waals surface area contributed by atoms with Gasteiger partial charge in [-0.3, -0.25) is 4.79 Å². The van der Waals surface area contributed by atoms with Crippen LogP contribution in [0.5, 0.6) is 5.75 Å². The van der Waals surface area contributed by atoms with Crippen molar-refractivity contribution in [3.8, 4) is 5.75 Å². The first-order chi connectivity index (χ1) is 7.76. The molecular formula is C12H17NO3. The summed E-state index contributed by atoms with van der Waals surface area (Å²) in [7, 11) is 1.54. The van der Waals surface area contributed by atoms with Crippen molar-refractivity contribution < 1.29 is 14.6 Å². The lowest BCUT2D eigenvalue weighted by Gasteiger charge is -2.22. The smallest absolute Gasteiger partial charge is 0.153 e. The fraction of sp³-hybridized carbons (Fsp3) is 0.417. The minimum atomic E-state index is 0.103. The number of rotatable bonds is 6. The van der Waals surface area contributed by atoms with Crippen molar-refractivity contribution >= 4 is 12.0 Å². The predicted octanol–water partition coefficient (Wildman–Crippen LogP) is 1.33. The third-order valence-corrected chi connectivity index (χ3v) is 2.46. The zero-order valence-corrected chi connectivity index (χ0v) is 9.64.